The Balaban J connectivity index is 1.58. The van der Waals surface area contributed by atoms with Crippen molar-refractivity contribution in [2.45, 2.75) is 51.7 Å². The van der Waals surface area contributed by atoms with Gasteiger partial charge in [-0.15, -0.1) is 0 Å². The molecule has 0 radical (unpaired) electrons. The molecule has 5 heteroatoms. The van der Waals surface area contributed by atoms with Gasteiger partial charge in [0.25, 0.3) is 0 Å². The molecule has 0 aromatic heterocycles. The first-order valence-electron chi connectivity index (χ1n) is 6.98. The molecule has 2 aliphatic carbocycles. The van der Waals surface area contributed by atoms with Crippen LogP contribution in [0.2, 0.25) is 0 Å². The largest absolute Gasteiger partial charge is 0.490 e. The second-order valence-corrected chi connectivity index (χ2v) is 6.72. The molecule has 1 unspecified atom stereocenters. The molecule has 1 saturated heterocycles. The minimum atomic E-state index is -0.220. The van der Waals surface area contributed by atoms with Crippen LogP contribution in [0.3, 0.4) is 0 Å². The molecule has 104 valence electrons. The molecule has 0 aromatic rings. The van der Waals surface area contributed by atoms with Crippen LogP contribution in [0, 0.1) is 11.3 Å². The van der Waals surface area contributed by atoms with Gasteiger partial charge in [0.1, 0.15) is 0 Å². The fourth-order valence-corrected chi connectivity index (χ4v) is 3.35. The summed E-state index contributed by atoms with van der Waals surface area (Å²) in [6.07, 6.45) is 5.18. The van der Waals surface area contributed by atoms with Gasteiger partial charge in [0, 0.05) is 0 Å². The first kappa shape index (κ1) is 13.2. The van der Waals surface area contributed by atoms with Crippen molar-refractivity contribution in [2.24, 2.45) is 11.3 Å². The summed E-state index contributed by atoms with van der Waals surface area (Å²) < 4.78 is 16.6. The molecule has 1 saturated carbocycles. The molecule has 2 fully saturated rings. The third kappa shape index (κ3) is 2.03. The number of hydrogen-bond acceptors (Lipinski definition) is 4. The van der Waals surface area contributed by atoms with Gasteiger partial charge in [0.05, 0.1) is 24.7 Å². The van der Waals surface area contributed by atoms with Crippen LogP contribution in [-0.4, -0.2) is 31.9 Å². The highest BCUT2D eigenvalue weighted by molar-refractivity contribution is 6.55. The zero-order valence-electron chi connectivity index (χ0n) is 12.1. The quantitative estimate of drug-likeness (QED) is 0.566. The second-order valence-electron chi connectivity index (χ2n) is 6.72. The highest BCUT2D eigenvalue weighted by atomic mass is 16.7. The molecule has 0 bridgehead atoms. The average Bonchev–Trinajstić information content (AvgIpc) is 2.49. The number of carbonyl (C=O) groups excluding carboxylic acids is 1. The van der Waals surface area contributed by atoms with Crippen LogP contribution < -0.4 is 0 Å². The number of hydrogen-bond donors (Lipinski definition) is 0. The summed E-state index contributed by atoms with van der Waals surface area (Å²) in [7, 11) is 1.27. The predicted octanol–water partition coefficient (Wildman–Crippen LogP) is 2.13. The number of esters is 1. The van der Waals surface area contributed by atoms with Crippen LogP contribution in [0.15, 0.2) is 11.5 Å². The lowest BCUT2D eigenvalue weighted by atomic mass is 9.48. The molecule has 0 N–H and O–H groups in total. The van der Waals surface area contributed by atoms with E-state index in [1.807, 2.05) is 6.92 Å². The molecular formula is C14H21BO4. The van der Waals surface area contributed by atoms with E-state index in [0.29, 0.717) is 0 Å². The third-order valence-electron chi connectivity index (χ3n) is 4.91. The van der Waals surface area contributed by atoms with Gasteiger partial charge < -0.3 is 14.0 Å². The van der Waals surface area contributed by atoms with Crippen molar-refractivity contribution in [1.82, 2.24) is 0 Å². The van der Waals surface area contributed by atoms with Gasteiger partial charge in [-0.1, -0.05) is 6.08 Å². The van der Waals surface area contributed by atoms with Crippen molar-refractivity contribution in [3.63, 3.8) is 0 Å². The molecule has 1 atom stereocenters. The van der Waals surface area contributed by atoms with E-state index in [1.54, 1.807) is 0 Å². The van der Waals surface area contributed by atoms with Crippen molar-refractivity contribution in [2.75, 3.05) is 7.11 Å². The van der Waals surface area contributed by atoms with Gasteiger partial charge in [-0.3, -0.25) is 4.79 Å². The van der Waals surface area contributed by atoms with E-state index in [0.717, 1.165) is 19.3 Å². The average molecular weight is 264 g/mol. The van der Waals surface area contributed by atoms with Crippen molar-refractivity contribution in [3.05, 3.63) is 11.5 Å². The zero-order valence-corrected chi connectivity index (χ0v) is 12.1. The van der Waals surface area contributed by atoms with Gasteiger partial charge in [-0.2, -0.15) is 0 Å². The van der Waals surface area contributed by atoms with Gasteiger partial charge in [0.15, 0.2) is 0 Å². The Kier molecular flexibility index (Phi) is 2.84. The summed E-state index contributed by atoms with van der Waals surface area (Å²) in [6, 6.07) is 0. The van der Waals surface area contributed by atoms with Gasteiger partial charge in [0.2, 0.25) is 0 Å². The highest BCUT2D eigenvalue weighted by Gasteiger charge is 2.55. The lowest BCUT2D eigenvalue weighted by Gasteiger charge is -2.51. The van der Waals surface area contributed by atoms with Crippen molar-refractivity contribution in [1.29, 1.82) is 0 Å². The maximum atomic E-state index is 11.4. The number of allylic oxidation sites excluding steroid dienone is 2. The van der Waals surface area contributed by atoms with Crippen LogP contribution in [0.4, 0.5) is 0 Å². The van der Waals surface area contributed by atoms with Crippen molar-refractivity contribution < 1.29 is 18.8 Å². The number of carbonyl (C=O) groups is 1. The lowest BCUT2D eigenvalue weighted by molar-refractivity contribution is -0.152. The minimum Gasteiger partial charge on any atom is -0.469 e. The zero-order chi connectivity index (χ0) is 13.8. The molecule has 4 nitrogen and oxygen atoms in total. The second kappa shape index (κ2) is 4.09. The van der Waals surface area contributed by atoms with Gasteiger partial charge >= 0.3 is 13.1 Å². The Labute approximate surface area is 114 Å². The lowest BCUT2D eigenvalue weighted by Crippen LogP contribution is -2.47. The van der Waals surface area contributed by atoms with E-state index in [1.165, 1.54) is 12.6 Å². The van der Waals surface area contributed by atoms with Gasteiger partial charge in [-0.25, -0.2) is 0 Å². The van der Waals surface area contributed by atoms with E-state index in [2.05, 4.69) is 19.9 Å². The highest BCUT2D eigenvalue weighted by Crippen LogP contribution is 2.58. The van der Waals surface area contributed by atoms with E-state index < -0.39 is 0 Å². The van der Waals surface area contributed by atoms with Crippen LogP contribution in [0.5, 0.6) is 0 Å². The standard InChI is InChI=1S/C14H21BO4/c1-9-13(2,3)19-15(18-9)11-7-14(8-11)5-10(6-14)12(16)17-4/h7,9-10H,5-6,8H2,1-4H3. The maximum absolute atomic E-state index is 11.4. The fraction of sp³-hybridized carbons (Fsp3) is 0.786. The first-order valence-corrected chi connectivity index (χ1v) is 6.98. The Morgan fingerprint density at radius 1 is 1.47 bits per heavy atom. The van der Waals surface area contributed by atoms with E-state index in [-0.39, 0.29) is 36.1 Å². The summed E-state index contributed by atoms with van der Waals surface area (Å²) in [6.45, 7) is 6.16. The summed E-state index contributed by atoms with van der Waals surface area (Å²) in [5.41, 5.74) is 1.24. The Morgan fingerprint density at radius 3 is 2.58 bits per heavy atom. The summed E-state index contributed by atoms with van der Waals surface area (Å²) in [5.74, 6) is 0.0131. The van der Waals surface area contributed by atoms with Crippen LogP contribution in [0.25, 0.3) is 0 Å². The summed E-state index contributed by atoms with van der Waals surface area (Å²) >= 11 is 0. The Hall–Kier alpha value is -0.805. The summed E-state index contributed by atoms with van der Waals surface area (Å²) in [4.78, 5) is 11.4. The molecule has 3 rings (SSSR count). The van der Waals surface area contributed by atoms with E-state index in [9.17, 15) is 4.79 Å². The Bertz CT molecular complexity index is 437. The summed E-state index contributed by atoms with van der Waals surface area (Å²) in [5, 5.41) is 0. The molecule has 1 heterocycles. The maximum Gasteiger partial charge on any atom is 0.490 e. The molecule has 0 aromatic carbocycles. The van der Waals surface area contributed by atoms with Gasteiger partial charge in [-0.05, 0) is 50.9 Å². The van der Waals surface area contributed by atoms with Crippen LogP contribution >= 0.6 is 0 Å². The number of ether oxygens (including phenoxy) is 1. The SMILES string of the molecule is COC(=O)C1CC2(C=C(B3OC(C)C(C)(C)O3)C2)C1. The Morgan fingerprint density at radius 2 is 2.11 bits per heavy atom. The first-order chi connectivity index (χ1) is 8.85. The topological polar surface area (TPSA) is 44.8 Å². The minimum absolute atomic E-state index is 0.0735. The van der Waals surface area contributed by atoms with Crippen LogP contribution in [0.1, 0.15) is 40.0 Å². The molecule has 3 aliphatic rings. The van der Waals surface area contributed by atoms with Crippen molar-refractivity contribution in [3.8, 4) is 0 Å². The molecular weight excluding hydrogens is 243 g/mol. The molecule has 1 aliphatic heterocycles. The van der Waals surface area contributed by atoms with Crippen molar-refractivity contribution >= 4 is 13.1 Å². The normalized spacial score (nSPS) is 39.6. The molecule has 1 spiro atoms. The predicted molar refractivity (Wildman–Crippen MR) is 71.3 cm³/mol. The van der Waals surface area contributed by atoms with E-state index >= 15 is 0 Å². The number of rotatable bonds is 2. The van der Waals surface area contributed by atoms with Crippen LogP contribution in [-0.2, 0) is 18.8 Å². The fourth-order valence-electron chi connectivity index (χ4n) is 3.35. The smallest absolute Gasteiger partial charge is 0.469 e. The van der Waals surface area contributed by atoms with E-state index in [4.69, 9.17) is 14.0 Å². The molecule has 0 amide bonds. The number of methoxy groups -OCH3 is 1. The monoisotopic (exact) mass is 264 g/mol. The molecule has 19 heavy (non-hydrogen) atoms. The third-order valence-corrected chi connectivity index (χ3v) is 4.91.